The Balaban J connectivity index is 2.16. The van der Waals surface area contributed by atoms with Crippen LogP contribution in [-0.4, -0.2) is 27.4 Å². The Hall–Kier alpha value is -1.87. The molecule has 0 spiro atoms. The number of urea groups is 1. The molecule has 0 bridgehead atoms. The van der Waals surface area contributed by atoms with Crippen molar-refractivity contribution in [1.82, 2.24) is 15.5 Å². The van der Waals surface area contributed by atoms with Gasteiger partial charge in [0.25, 0.3) is 5.22 Å². The van der Waals surface area contributed by atoms with E-state index in [1.165, 1.54) is 0 Å². The van der Waals surface area contributed by atoms with Gasteiger partial charge in [0.05, 0.1) is 5.25 Å². The maximum atomic E-state index is 12.0. The van der Waals surface area contributed by atoms with Crippen LogP contribution >= 0.6 is 27.7 Å². The molecule has 0 unspecified atom stereocenters. The lowest BCUT2D eigenvalue weighted by Crippen LogP contribution is -2.42. The van der Waals surface area contributed by atoms with Crippen LogP contribution < -0.4 is 11.1 Å². The van der Waals surface area contributed by atoms with Crippen molar-refractivity contribution in [3.05, 3.63) is 28.7 Å². The molecule has 1 aromatic heterocycles. The second-order valence-electron chi connectivity index (χ2n) is 5.02. The minimum atomic E-state index is -0.887. The van der Waals surface area contributed by atoms with E-state index in [0.29, 0.717) is 5.89 Å². The second-order valence-corrected chi connectivity index (χ2v) is 7.03. The molecule has 0 saturated heterocycles. The second kappa shape index (κ2) is 7.60. The molecule has 1 atom stereocenters. The first kappa shape index (κ1) is 17.5. The maximum absolute atomic E-state index is 12.0. The molecular formula is C14H15BrN4O3S. The van der Waals surface area contributed by atoms with E-state index in [-0.39, 0.29) is 11.1 Å². The van der Waals surface area contributed by atoms with Crippen molar-refractivity contribution in [3.8, 4) is 11.5 Å². The highest BCUT2D eigenvalue weighted by Crippen LogP contribution is 2.30. The van der Waals surface area contributed by atoms with Crippen LogP contribution in [0.2, 0.25) is 0 Å². The minimum absolute atomic E-state index is 0.0550. The number of benzene rings is 1. The van der Waals surface area contributed by atoms with Crippen LogP contribution in [0.15, 0.2) is 38.4 Å². The zero-order valence-corrected chi connectivity index (χ0v) is 14.8. The fourth-order valence-electron chi connectivity index (χ4n) is 1.79. The van der Waals surface area contributed by atoms with E-state index >= 15 is 0 Å². The number of rotatable bonds is 5. The number of nitrogens with zero attached hydrogens (tertiary/aromatic N) is 2. The zero-order valence-electron chi connectivity index (χ0n) is 12.4. The number of amides is 3. The Labute approximate surface area is 145 Å². The van der Waals surface area contributed by atoms with E-state index in [4.69, 9.17) is 10.2 Å². The highest BCUT2D eigenvalue weighted by atomic mass is 79.9. The smallest absolute Gasteiger partial charge is 0.318 e. The van der Waals surface area contributed by atoms with E-state index < -0.39 is 17.2 Å². The molecule has 3 amide bonds. The highest BCUT2D eigenvalue weighted by molar-refractivity contribution is 9.10. The van der Waals surface area contributed by atoms with Gasteiger partial charge in [-0.15, -0.1) is 10.2 Å². The molecule has 0 aliphatic carbocycles. The molecule has 23 heavy (non-hydrogen) atoms. The molecule has 1 heterocycles. The van der Waals surface area contributed by atoms with E-state index in [9.17, 15) is 9.59 Å². The summed E-state index contributed by atoms with van der Waals surface area (Å²) in [5.41, 5.74) is 5.75. The van der Waals surface area contributed by atoms with Crippen LogP contribution in [0.5, 0.6) is 0 Å². The zero-order chi connectivity index (χ0) is 17.0. The lowest BCUT2D eigenvalue weighted by Gasteiger charge is -2.16. The lowest BCUT2D eigenvalue weighted by molar-refractivity contribution is -0.120. The molecule has 9 heteroatoms. The molecule has 0 radical (unpaired) electrons. The van der Waals surface area contributed by atoms with Gasteiger partial charge in [-0.1, -0.05) is 47.6 Å². The first-order chi connectivity index (χ1) is 10.9. The van der Waals surface area contributed by atoms with Crippen molar-refractivity contribution in [2.24, 2.45) is 11.7 Å². The number of carbonyl (C=O) groups is 2. The van der Waals surface area contributed by atoms with E-state index in [1.54, 1.807) is 0 Å². The number of carbonyl (C=O) groups excluding carboxylic acids is 2. The number of hydrogen-bond donors (Lipinski definition) is 2. The summed E-state index contributed by atoms with van der Waals surface area (Å²) in [6, 6.07) is 6.54. The standard InChI is InChI=1S/C14H15BrN4O3S/c1-7(2)10(11(20)17-13(16)21)23-14-19-18-12(22-14)8-4-3-5-9(15)6-8/h3-7,10H,1-2H3,(H3,16,17,20,21)/t10-/m1/s1. The number of nitrogens with one attached hydrogen (secondary N) is 1. The maximum Gasteiger partial charge on any atom is 0.318 e. The van der Waals surface area contributed by atoms with E-state index in [1.807, 2.05) is 38.1 Å². The third-order valence-electron chi connectivity index (χ3n) is 2.82. The molecular weight excluding hydrogens is 384 g/mol. The number of nitrogens with two attached hydrogens (primary N) is 1. The van der Waals surface area contributed by atoms with Crippen LogP contribution in [0.3, 0.4) is 0 Å². The summed E-state index contributed by atoms with van der Waals surface area (Å²) >= 11 is 4.47. The number of halogens is 1. The number of primary amides is 1. The predicted molar refractivity (Wildman–Crippen MR) is 89.6 cm³/mol. The number of thioether (sulfide) groups is 1. The molecule has 0 aliphatic rings. The summed E-state index contributed by atoms with van der Waals surface area (Å²) < 4.78 is 6.48. The summed E-state index contributed by atoms with van der Waals surface area (Å²) in [5.74, 6) is -0.188. The van der Waals surface area contributed by atoms with Crippen molar-refractivity contribution in [1.29, 1.82) is 0 Å². The Bertz CT molecular complexity index is 720. The number of hydrogen-bond acceptors (Lipinski definition) is 6. The number of aromatic nitrogens is 2. The Morgan fingerprint density at radius 3 is 2.70 bits per heavy atom. The van der Waals surface area contributed by atoms with Gasteiger partial charge >= 0.3 is 6.03 Å². The highest BCUT2D eigenvalue weighted by Gasteiger charge is 2.27. The SMILES string of the molecule is CC(C)[C@@H](Sc1nnc(-c2cccc(Br)c2)o1)C(=O)NC(N)=O. The van der Waals surface area contributed by atoms with Gasteiger partial charge in [-0.2, -0.15) is 0 Å². The summed E-state index contributed by atoms with van der Waals surface area (Å²) in [6.45, 7) is 3.70. The third kappa shape index (κ3) is 4.80. The summed E-state index contributed by atoms with van der Waals surface area (Å²) in [6.07, 6.45) is 0. The van der Waals surface area contributed by atoms with Crippen molar-refractivity contribution < 1.29 is 14.0 Å². The normalized spacial score (nSPS) is 12.2. The topological polar surface area (TPSA) is 111 Å². The monoisotopic (exact) mass is 398 g/mol. The van der Waals surface area contributed by atoms with Gasteiger partial charge in [-0.3, -0.25) is 10.1 Å². The van der Waals surface area contributed by atoms with Gasteiger partial charge in [-0.25, -0.2) is 4.79 Å². The lowest BCUT2D eigenvalue weighted by atomic mass is 10.1. The van der Waals surface area contributed by atoms with Gasteiger partial charge in [0.15, 0.2) is 0 Å². The third-order valence-corrected chi connectivity index (χ3v) is 4.69. The van der Waals surface area contributed by atoms with Crippen molar-refractivity contribution in [2.75, 3.05) is 0 Å². The molecule has 0 fully saturated rings. The average Bonchev–Trinajstić information content (AvgIpc) is 2.92. The first-order valence-electron chi connectivity index (χ1n) is 6.73. The van der Waals surface area contributed by atoms with Crippen LogP contribution in [0.25, 0.3) is 11.5 Å². The van der Waals surface area contributed by atoms with Crippen molar-refractivity contribution in [2.45, 2.75) is 24.3 Å². The van der Waals surface area contributed by atoms with E-state index in [0.717, 1.165) is 21.8 Å². The Morgan fingerprint density at radius 2 is 2.09 bits per heavy atom. The molecule has 2 aromatic rings. The number of imide groups is 1. The molecule has 122 valence electrons. The Morgan fingerprint density at radius 1 is 1.35 bits per heavy atom. The largest absolute Gasteiger partial charge is 0.411 e. The summed E-state index contributed by atoms with van der Waals surface area (Å²) in [4.78, 5) is 22.8. The molecule has 7 nitrogen and oxygen atoms in total. The van der Waals surface area contributed by atoms with Gasteiger partial charge in [-0.05, 0) is 24.1 Å². The molecule has 2 rings (SSSR count). The van der Waals surface area contributed by atoms with Gasteiger partial charge in [0, 0.05) is 10.0 Å². The van der Waals surface area contributed by atoms with Crippen LogP contribution in [0.4, 0.5) is 4.79 Å². The van der Waals surface area contributed by atoms with Crippen LogP contribution in [0, 0.1) is 5.92 Å². The quantitative estimate of drug-likeness (QED) is 0.748. The molecule has 1 aromatic carbocycles. The van der Waals surface area contributed by atoms with Gasteiger partial charge in [0.1, 0.15) is 0 Å². The Kier molecular flexibility index (Phi) is 5.78. The fraction of sp³-hybridized carbons (Fsp3) is 0.286. The van der Waals surface area contributed by atoms with Gasteiger partial charge in [0.2, 0.25) is 11.8 Å². The average molecular weight is 399 g/mol. The van der Waals surface area contributed by atoms with E-state index in [2.05, 4.69) is 31.4 Å². The predicted octanol–water partition coefficient (Wildman–Crippen LogP) is 2.81. The van der Waals surface area contributed by atoms with Crippen LogP contribution in [-0.2, 0) is 4.79 Å². The molecule has 0 saturated carbocycles. The summed E-state index contributed by atoms with van der Waals surface area (Å²) in [5, 5.41) is 9.67. The summed E-state index contributed by atoms with van der Waals surface area (Å²) in [7, 11) is 0. The first-order valence-corrected chi connectivity index (χ1v) is 8.40. The van der Waals surface area contributed by atoms with Crippen molar-refractivity contribution in [3.63, 3.8) is 0 Å². The minimum Gasteiger partial charge on any atom is -0.411 e. The molecule has 3 N–H and O–H groups in total. The molecule has 0 aliphatic heterocycles. The van der Waals surface area contributed by atoms with Crippen LogP contribution in [0.1, 0.15) is 13.8 Å². The fourth-order valence-corrected chi connectivity index (χ4v) is 3.06. The van der Waals surface area contributed by atoms with Gasteiger partial charge < -0.3 is 10.2 Å². The van der Waals surface area contributed by atoms with Crippen molar-refractivity contribution >= 4 is 39.6 Å².